The molecular weight excluding hydrogens is 240 g/mol. The fraction of sp³-hybridized carbons (Fsp3) is 0.583. The minimum absolute atomic E-state index is 0. The molecule has 2 atom stereocenters. The molecule has 2 heterocycles. The van der Waals surface area contributed by atoms with Crippen molar-refractivity contribution in [1.82, 2.24) is 10.6 Å². The molecule has 0 aromatic carbocycles. The van der Waals surface area contributed by atoms with E-state index in [1.54, 1.807) is 19.3 Å². The van der Waals surface area contributed by atoms with Gasteiger partial charge in [0, 0.05) is 6.04 Å². The Balaban J connectivity index is 0.00000144. The van der Waals surface area contributed by atoms with Crippen LogP contribution in [0.4, 0.5) is 0 Å². The Morgan fingerprint density at radius 2 is 2.35 bits per heavy atom. The summed E-state index contributed by atoms with van der Waals surface area (Å²) >= 11 is 0. The monoisotopic (exact) mass is 258 g/mol. The zero-order valence-electron chi connectivity index (χ0n) is 10.2. The van der Waals surface area contributed by atoms with Gasteiger partial charge in [-0.15, -0.1) is 12.4 Å². The average molecular weight is 259 g/mol. The van der Waals surface area contributed by atoms with Gasteiger partial charge in [-0.25, -0.2) is 0 Å². The maximum absolute atomic E-state index is 11.9. The maximum Gasteiger partial charge on any atom is 0.255 e. The van der Waals surface area contributed by atoms with Gasteiger partial charge >= 0.3 is 0 Å². The van der Waals surface area contributed by atoms with Gasteiger partial charge in [-0.1, -0.05) is 6.92 Å². The van der Waals surface area contributed by atoms with Crippen molar-refractivity contribution in [3.63, 3.8) is 0 Å². The fourth-order valence-corrected chi connectivity index (χ4v) is 2.10. The molecule has 0 bridgehead atoms. The number of carbonyl (C=O) groups excluding carboxylic acids is 1. The van der Waals surface area contributed by atoms with Gasteiger partial charge in [0.05, 0.1) is 11.8 Å². The smallest absolute Gasteiger partial charge is 0.255 e. The predicted molar refractivity (Wildman–Crippen MR) is 68.6 cm³/mol. The highest BCUT2D eigenvalue weighted by atomic mass is 35.5. The molecule has 2 N–H and O–H groups in total. The molecule has 0 spiro atoms. The van der Waals surface area contributed by atoms with Crippen molar-refractivity contribution in [2.24, 2.45) is 5.92 Å². The van der Waals surface area contributed by atoms with Crippen LogP contribution in [-0.2, 0) is 0 Å². The van der Waals surface area contributed by atoms with Crippen molar-refractivity contribution in [2.45, 2.75) is 26.3 Å². The Labute approximate surface area is 108 Å². The van der Waals surface area contributed by atoms with Crippen LogP contribution in [0.2, 0.25) is 0 Å². The Morgan fingerprint density at radius 3 is 2.94 bits per heavy atom. The highest BCUT2D eigenvalue weighted by Crippen LogP contribution is 2.13. The third kappa shape index (κ3) is 3.23. The van der Waals surface area contributed by atoms with Gasteiger partial charge in [0.25, 0.3) is 5.91 Å². The van der Waals surface area contributed by atoms with E-state index >= 15 is 0 Å². The summed E-state index contributed by atoms with van der Waals surface area (Å²) in [5.41, 5.74) is 0.644. The van der Waals surface area contributed by atoms with Crippen molar-refractivity contribution < 1.29 is 9.21 Å². The quantitative estimate of drug-likeness (QED) is 0.850. The average Bonchev–Trinajstić information content (AvgIpc) is 2.68. The van der Waals surface area contributed by atoms with E-state index in [0.717, 1.165) is 19.5 Å². The van der Waals surface area contributed by atoms with Crippen LogP contribution in [0, 0.1) is 12.8 Å². The number of amides is 1. The number of halogens is 1. The molecule has 1 amide bonds. The molecule has 2 unspecified atom stereocenters. The summed E-state index contributed by atoms with van der Waals surface area (Å²) in [6.07, 6.45) is 2.54. The lowest BCUT2D eigenvalue weighted by Crippen LogP contribution is -2.48. The maximum atomic E-state index is 11.9. The van der Waals surface area contributed by atoms with Crippen LogP contribution in [0.5, 0.6) is 0 Å². The second kappa shape index (κ2) is 6.07. The Bertz CT molecular complexity index is 378. The lowest BCUT2D eigenvalue weighted by atomic mass is 9.95. The van der Waals surface area contributed by atoms with Crippen molar-refractivity contribution in [2.75, 3.05) is 13.1 Å². The standard InChI is InChI=1S/C12H18N2O2.ClH/c1-8-7-13-5-3-11(8)14-12(15)10-4-6-16-9(10)2;/h4,6,8,11,13H,3,5,7H2,1-2H3,(H,14,15);1H. The van der Waals surface area contributed by atoms with Gasteiger partial charge in [0.1, 0.15) is 5.76 Å². The first-order chi connectivity index (χ1) is 7.68. The predicted octanol–water partition coefficient (Wildman–Crippen LogP) is 1.74. The summed E-state index contributed by atoms with van der Waals surface area (Å²) in [5.74, 6) is 1.13. The van der Waals surface area contributed by atoms with E-state index < -0.39 is 0 Å². The first-order valence-corrected chi connectivity index (χ1v) is 5.74. The van der Waals surface area contributed by atoms with Gasteiger partial charge in [-0.3, -0.25) is 4.79 Å². The van der Waals surface area contributed by atoms with E-state index in [2.05, 4.69) is 17.6 Å². The van der Waals surface area contributed by atoms with Gasteiger partial charge in [-0.2, -0.15) is 0 Å². The second-order valence-corrected chi connectivity index (χ2v) is 4.44. The SMILES string of the molecule is Cc1occc1C(=O)NC1CCNCC1C.Cl. The second-order valence-electron chi connectivity index (χ2n) is 4.44. The number of aryl methyl sites for hydroxylation is 1. The highest BCUT2D eigenvalue weighted by Gasteiger charge is 2.23. The summed E-state index contributed by atoms with van der Waals surface area (Å²) in [4.78, 5) is 11.9. The van der Waals surface area contributed by atoms with Crippen LogP contribution in [-0.4, -0.2) is 25.0 Å². The lowest BCUT2D eigenvalue weighted by Gasteiger charge is -2.30. The molecule has 96 valence electrons. The zero-order chi connectivity index (χ0) is 11.5. The molecule has 1 saturated heterocycles. The van der Waals surface area contributed by atoms with Gasteiger partial charge in [0.2, 0.25) is 0 Å². The summed E-state index contributed by atoms with van der Waals surface area (Å²) in [5, 5.41) is 6.39. The molecule has 17 heavy (non-hydrogen) atoms. The molecule has 1 aromatic heterocycles. The minimum atomic E-state index is -0.0231. The van der Waals surface area contributed by atoms with Crippen LogP contribution in [0.3, 0.4) is 0 Å². The Kier molecular flexibility index (Phi) is 5.02. The van der Waals surface area contributed by atoms with Crippen molar-refractivity contribution in [3.05, 3.63) is 23.7 Å². The van der Waals surface area contributed by atoms with E-state index in [9.17, 15) is 4.79 Å². The third-order valence-electron chi connectivity index (χ3n) is 3.21. The third-order valence-corrected chi connectivity index (χ3v) is 3.21. The number of hydrogen-bond acceptors (Lipinski definition) is 3. The molecule has 4 nitrogen and oxygen atoms in total. The largest absolute Gasteiger partial charge is 0.469 e. The molecule has 0 saturated carbocycles. The normalized spacial score (nSPS) is 23.9. The first kappa shape index (κ1) is 14.1. The van der Waals surface area contributed by atoms with Crippen LogP contribution < -0.4 is 10.6 Å². The molecule has 0 radical (unpaired) electrons. The summed E-state index contributed by atoms with van der Waals surface area (Å²) in [7, 11) is 0. The molecule has 1 aliphatic heterocycles. The highest BCUT2D eigenvalue weighted by molar-refractivity contribution is 5.95. The number of furan rings is 1. The van der Waals surface area contributed by atoms with E-state index in [-0.39, 0.29) is 24.4 Å². The molecule has 0 aliphatic carbocycles. The topological polar surface area (TPSA) is 54.3 Å². The number of hydrogen-bond donors (Lipinski definition) is 2. The number of rotatable bonds is 2. The zero-order valence-corrected chi connectivity index (χ0v) is 11.0. The van der Waals surface area contributed by atoms with Crippen molar-refractivity contribution in [3.8, 4) is 0 Å². The van der Waals surface area contributed by atoms with Crippen molar-refractivity contribution >= 4 is 18.3 Å². The molecule has 2 rings (SSSR count). The number of carbonyl (C=O) groups is 1. The van der Waals surface area contributed by atoms with Crippen LogP contribution >= 0.6 is 12.4 Å². The molecule has 1 fully saturated rings. The van der Waals surface area contributed by atoms with Crippen LogP contribution in [0.25, 0.3) is 0 Å². The van der Waals surface area contributed by atoms with Gasteiger partial charge in [0.15, 0.2) is 0 Å². The van der Waals surface area contributed by atoms with E-state index in [4.69, 9.17) is 4.42 Å². The molecule has 1 aromatic rings. The Hall–Kier alpha value is -1.00. The van der Waals surface area contributed by atoms with Crippen LogP contribution in [0.1, 0.15) is 29.5 Å². The van der Waals surface area contributed by atoms with Crippen molar-refractivity contribution in [1.29, 1.82) is 0 Å². The minimum Gasteiger partial charge on any atom is -0.469 e. The molecule has 5 heteroatoms. The van der Waals surface area contributed by atoms with Gasteiger partial charge < -0.3 is 15.1 Å². The fourth-order valence-electron chi connectivity index (χ4n) is 2.10. The Morgan fingerprint density at radius 1 is 1.59 bits per heavy atom. The van der Waals surface area contributed by atoms with E-state index in [1.807, 2.05) is 0 Å². The summed E-state index contributed by atoms with van der Waals surface area (Å²) in [6.45, 7) is 5.90. The first-order valence-electron chi connectivity index (χ1n) is 5.74. The van der Waals surface area contributed by atoms with E-state index in [0.29, 0.717) is 17.2 Å². The number of nitrogens with one attached hydrogen (secondary N) is 2. The number of piperidine rings is 1. The summed E-state index contributed by atoms with van der Waals surface area (Å²) in [6, 6.07) is 1.99. The summed E-state index contributed by atoms with van der Waals surface area (Å²) < 4.78 is 5.13. The lowest BCUT2D eigenvalue weighted by molar-refractivity contribution is 0.0912. The van der Waals surface area contributed by atoms with Crippen LogP contribution in [0.15, 0.2) is 16.7 Å². The molecular formula is C12H19ClN2O2. The van der Waals surface area contributed by atoms with E-state index in [1.165, 1.54) is 0 Å². The molecule has 1 aliphatic rings. The van der Waals surface area contributed by atoms with Gasteiger partial charge in [-0.05, 0) is 38.4 Å².